The van der Waals surface area contributed by atoms with Gasteiger partial charge in [0.15, 0.2) is 5.83 Å². The zero-order chi connectivity index (χ0) is 6.57. The number of allylic oxidation sites excluding steroid dienone is 3. The molecule has 0 bridgehead atoms. The van der Waals surface area contributed by atoms with Crippen LogP contribution in [0.1, 0.15) is 6.92 Å². The van der Waals surface area contributed by atoms with Crippen LogP contribution in [0.2, 0.25) is 0 Å². The third-order valence-electron chi connectivity index (χ3n) is 0.494. The molecule has 0 aromatic carbocycles. The summed E-state index contributed by atoms with van der Waals surface area (Å²) in [5.74, 6) is -0.601. The Balaban J connectivity index is 4.00. The molecule has 0 saturated carbocycles. The summed E-state index contributed by atoms with van der Waals surface area (Å²) < 4.78 is 11.7. The molecule has 0 nitrogen and oxygen atoms in total. The van der Waals surface area contributed by atoms with Gasteiger partial charge in [-0.15, -0.1) is 0 Å². The van der Waals surface area contributed by atoms with Gasteiger partial charge in [0, 0.05) is 0 Å². The van der Waals surface area contributed by atoms with E-state index in [0.717, 1.165) is 0 Å². The molecule has 0 aliphatic heterocycles. The second-order valence-corrected chi connectivity index (χ2v) is 2.06. The minimum Gasteiger partial charge on any atom is -0.204 e. The Hall–Kier alpha value is -0.0100. The van der Waals surface area contributed by atoms with E-state index < -0.39 is 5.83 Å². The SMILES string of the molecule is CC=CC(F)=C(Cl)Cl. The largest absolute Gasteiger partial charge is 0.204 e. The van der Waals surface area contributed by atoms with E-state index in [1.165, 1.54) is 12.2 Å². The number of hydrogen-bond donors (Lipinski definition) is 0. The van der Waals surface area contributed by atoms with Gasteiger partial charge in [0.1, 0.15) is 4.49 Å². The predicted octanol–water partition coefficient (Wildman–Crippen LogP) is 3.18. The van der Waals surface area contributed by atoms with Crippen LogP contribution in [0.3, 0.4) is 0 Å². The van der Waals surface area contributed by atoms with E-state index in [4.69, 9.17) is 23.2 Å². The summed E-state index contributed by atoms with van der Waals surface area (Å²) in [5, 5.41) is 0. The van der Waals surface area contributed by atoms with Crippen LogP contribution in [-0.4, -0.2) is 0 Å². The van der Waals surface area contributed by atoms with E-state index in [2.05, 4.69) is 0 Å². The van der Waals surface area contributed by atoms with E-state index in [9.17, 15) is 4.39 Å². The molecule has 0 amide bonds. The van der Waals surface area contributed by atoms with E-state index in [1.807, 2.05) is 0 Å². The predicted molar refractivity (Wildman–Crippen MR) is 34.7 cm³/mol. The molecule has 0 N–H and O–H groups in total. The molecule has 0 aliphatic carbocycles. The fraction of sp³-hybridized carbons (Fsp3) is 0.200. The van der Waals surface area contributed by atoms with Gasteiger partial charge >= 0.3 is 0 Å². The summed E-state index contributed by atoms with van der Waals surface area (Å²) in [4.78, 5) is 0. The Labute approximate surface area is 57.6 Å². The Kier molecular flexibility index (Phi) is 3.92. The smallest absolute Gasteiger partial charge is 0.152 e. The van der Waals surface area contributed by atoms with Gasteiger partial charge in [-0.25, -0.2) is 4.39 Å². The molecule has 0 saturated heterocycles. The number of hydrogen-bond acceptors (Lipinski definition) is 0. The molecular weight excluding hydrogens is 150 g/mol. The van der Waals surface area contributed by atoms with Crippen molar-refractivity contribution in [2.24, 2.45) is 0 Å². The quantitative estimate of drug-likeness (QED) is 0.510. The first-order valence-electron chi connectivity index (χ1n) is 2.02. The molecule has 0 aromatic rings. The molecule has 0 spiro atoms. The van der Waals surface area contributed by atoms with Gasteiger partial charge in [-0.1, -0.05) is 29.3 Å². The molecule has 0 aromatic heterocycles. The average molecular weight is 155 g/mol. The van der Waals surface area contributed by atoms with Crippen LogP contribution in [0.25, 0.3) is 0 Å². The molecular formula is C5H5Cl2F. The van der Waals surface area contributed by atoms with Crippen molar-refractivity contribution in [2.75, 3.05) is 0 Å². The molecule has 0 radical (unpaired) electrons. The highest BCUT2D eigenvalue weighted by Crippen LogP contribution is 2.15. The van der Waals surface area contributed by atoms with Crippen LogP contribution in [-0.2, 0) is 0 Å². The molecule has 0 rings (SSSR count). The Morgan fingerprint density at radius 2 is 2.00 bits per heavy atom. The standard InChI is InChI=1S/C5H5Cl2F/c1-2-3-4(8)5(6)7/h2-3H,1H3. The first-order chi connectivity index (χ1) is 3.68. The maximum absolute atomic E-state index is 12.1. The minimum atomic E-state index is -0.601. The topological polar surface area (TPSA) is 0 Å². The van der Waals surface area contributed by atoms with Crippen LogP contribution in [0, 0.1) is 0 Å². The molecule has 0 atom stereocenters. The second-order valence-electron chi connectivity index (χ2n) is 1.11. The monoisotopic (exact) mass is 154 g/mol. The summed E-state index contributed by atoms with van der Waals surface area (Å²) in [7, 11) is 0. The Bertz CT molecular complexity index is 122. The van der Waals surface area contributed by atoms with Crippen molar-refractivity contribution in [3.05, 3.63) is 22.5 Å². The van der Waals surface area contributed by atoms with Crippen molar-refractivity contribution in [3.63, 3.8) is 0 Å². The number of halogens is 3. The van der Waals surface area contributed by atoms with Crippen molar-refractivity contribution >= 4 is 23.2 Å². The van der Waals surface area contributed by atoms with Gasteiger partial charge in [0.2, 0.25) is 0 Å². The Morgan fingerprint density at radius 1 is 1.50 bits per heavy atom. The first-order valence-corrected chi connectivity index (χ1v) is 2.77. The van der Waals surface area contributed by atoms with Crippen LogP contribution < -0.4 is 0 Å². The first kappa shape index (κ1) is 7.99. The third-order valence-corrected chi connectivity index (χ3v) is 0.855. The van der Waals surface area contributed by atoms with Crippen LogP contribution >= 0.6 is 23.2 Å². The molecule has 8 heavy (non-hydrogen) atoms. The van der Waals surface area contributed by atoms with Crippen LogP contribution in [0.5, 0.6) is 0 Å². The summed E-state index contributed by atoms with van der Waals surface area (Å²) in [6.45, 7) is 1.68. The van der Waals surface area contributed by atoms with E-state index in [-0.39, 0.29) is 4.49 Å². The lowest BCUT2D eigenvalue weighted by atomic mass is 10.5. The van der Waals surface area contributed by atoms with Crippen LogP contribution in [0.15, 0.2) is 22.5 Å². The highest BCUT2D eigenvalue weighted by Gasteiger charge is 1.91. The van der Waals surface area contributed by atoms with Crippen molar-refractivity contribution in [2.45, 2.75) is 6.92 Å². The van der Waals surface area contributed by atoms with Gasteiger partial charge in [0.25, 0.3) is 0 Å². The highest BCUT2D eigenvalue weighted by molar-refractivity contribution is 6.56. The third kappa shape index (κ3) is 3.05. The van der Waals surface area contributed by atoms with Gasteiger partial charge in [0.05, 0.1) is 0 Å². The van der Waals surface area contributed by atoms with E-state index in [1.54, 1.807) is 6.92 Å². The van der Waals surface area contributed by atoms with Crippen molar-refractivity contribution in [1.29, 1.82) is 0 Å². The molecule has 46 valence electrons. The lowest BCUT2D eigenvalue weighted by molar-refractivity contribution is 0.667. The maximum Gasteiger partial charge on any atom is 0.152 e. The van der Waals surface area contributed by atoms with Gasteiger partial charge in [-0.05, 0) is 13.0 Å². The van der Waals surface area contributed by atoms with Crippen molar-refractivity contribution in [3.8, 4) is 0 Å². The minimum absolute atomic E-state index is 0.330. The summed E-state index contributed by atoms with van der Waals surface area (Å²) >= 11 is 10.1. The van der Waals surface area contributed by atoms with Gasteiger partial charge in [-0.3, -0.25) is 0 Å². The zero-order valence-electron chi connectivity index (χ0n) is 4.29. The fourth-order valence-corrected chi connectivity index (χ4v) is 0.335. The molecule has 0 fully saturated rings. The Morgan fingerprint density at radius 3 is 2.12 bits per heavy atom. The molecule has 0 aliphatic rings. The lowest BCUT2D eigenvalue weighted by Gasteiger charge is -1.82. The highest BCUT2D eigenvalue weighted by atomic mass is 35.5. The zero-order valence-corrected chi connectivity index (χ0v) is 5.80. The van der Waals surface area contributed by atoms with E-state index in [0.29, 0.717) is 0 Å². The molecule has 3 heteroatoms. The van der Waals surface area contributed by atoms with Gasteiger partial charge in [-0.2, -0.15) is 0 Å². The van der Waals surface area contributed by atoms with Gasteiger partial charge < -0.3 is 0 Å². The second kappa shape index (κ2) is 3.93. The number of rotatable bonds is 1. The molecule has 0 unspecified atom stereocenters. The lowest BCUT2D eigenvalue weighted by Crippen LogP contribution is -1.62. The summed E-state index contributed by atoms with van der Waals surface area (Å²) in [6.07, 6.45) is 2.70. The normalized spacial score (nSPS) is 10.0. The van der Waals surface area contributed by atoms with Crippen molar-refractivity contribution in [1.82, 2.24) is 0 Å². The van der Waals surface area contributed by atoms with Crippen LogP contribution in [0.4, 0.5) is 4.39 Å². The summed E-state index contributed by atoms with van der Waals surface area (Å²) in [6, 6.07) is 0. The maximum atomic E-state index is 12.1. The average Bonchev–Trinajstić information content (AvgIpc) is 1.67. The summed E-state index contributed by atoms with van der Waals surface area (Å²) in [5.41, 5.74) is 0. The van der Waals surface area contributed by atoms with Crippen molar-refractivity contribution < 1.29 is 4.39 Å². The molecule has 0 heterocycles. The van der Waals surface area contributed by atoms with E-state index >= 15 is 0 Å². The fourth-order valence-electron chi connectivity index (χ4n) is 0.209.